The Hall–Kier alpha value is 0. The summed E-state index contributed by atoms with van der Waals surface area (Å²) in [5.41, 5.74) is 0. The number of hydrogen-bond donors (Lipinski definition) is 0. The fourth-order valence-corrected chi connectivity index (χ4v) is 2.56. The Morgan fingerprint density at radius 3 is 1.94 bits per heavy atom. The van der Waals surface area contributed by atoms with Crippen molar-refractivity contribution in [3.8, 4) is 0 Å². The van der Waals surface area contributed by atoms with Crippen molar-refractivity contribution in [2.45, 2.75) is 86.0 Å². The maximum Gasteiger partial charge on any atom is -0.0391 e. The fourth-order valence-electron chi connectivity index (χ4n) is 2.56. The van der Waals surface area contributed by atoms with Crippen LogP contribution in [0.15, 0.2) is 0 Å². The summed E-state index contributed by atoms with van der Waals surface area (Å²) in [6, 6.07) is 0. The molecular weight excluding hydrogens is 192 g/mol. The van der Waals surface area contributed by atoms with Gasteiger partial charge in [0.05, 0.1) is 0 Å². The highest BCUT2D eigenvalue weighted by atomic mass is 14.2. The van der Waals surface area contributed by atoms with E-state index in [1.807, 2.05) is 0 Å². The molecule has 0 heteroatoms. The number of unbranched alkanes of at least 4 members (excludes halogenated alkanes) is 3. The van der Waals surface area contributed by atoms with Crippen LogP contribution >= 0.6 is 0 Å². The quantitative estimate of drug-likeness (QED) is 0.397. The molecule has 0 aromatic carbocycles. The van der Waals surface area contributed by atoms with Crippen molar-refractivity contribution in [3.63, 3.8) is 0 Å². The van der Waals surface area contributed by atoms with E-state index in [4.69, 9.17) is 0 Å². The van der Waals surface area contributed by atoms with Gasteiger partial charge in [0.1, 0.15) is 0 Å². The molecule has 0 aliphatic rings. The average Bonchev–Trinajstić information content (AvgIpc) is 2.26. The molecule has 0 aromatic heterocycles. The van der Waals surface area contributed by atoms with Crippen molar-refractivity contribution in [3.05, 3.63) is 0 Å². The average molecular weight is 226 g/mol. The molecule has 0 fully saturated rings. The second kappa shape index (κ2) is 10.2. The molecule has 0 spiro atoms. The first-order chi connectivity index (χ1) is 7.61. The standard InChI is InChI=1S/C16H34/c1-6-8-9-10-11-16(7-2)15(5)13-12-14(3)4/h14-16H,6-13H2,1-5H3. The maximum absolute atomic E-state index is 2.47. The SMILES string of the molecule is CCCCCCC(CC)C(C)CCC(C)C. The lowest BCUT2D eigenvalue weighted by atomic mass is 9.83. The lowest BCUT2D eigenvalue weighted by Crippen LogP contribution is -2.12. The van der Waals surface area contributed by atoms with Gasteiger partial charge in [-0.05, 0) is 17.8 Å². The molecule has 0 aromatic rings. The molecule has 0 aliphatic heterocycles. The topological polar surface area (TPSA) is 0 Å². The van der Waals surface area contributed by atoms with Gasteiger partial charge in [-0.2, -0.15) is 0 Å². The third kappa shape index (κ3) is 8.19. The predicted octanol–water partition coefficient (Wildman–Crippen LogP) is 6.06. The third-order valence-corrected chi connectivity index (χ3v) is 3.96. The molecule has 0 heterocycles. The fraction of sp³-hybridized carbons (Fsp3) is 1.00. The van der Waals surface area contributed by atoms with E-state index in [-0.39, 0.29) is 0 Å². The number of rotatable bonds is 10. The first-order valence-corrected chi connectivity index (χ1v) is 7.61. The van der Waals surface area contributed by atoms with Crippen molar-refractivity contribution in [1.29, 1.82) is 0 Å². The van der Waals surface area contributed by atoms with E-state index < -0.39 is 0 Å². The van der Waals surface area contributed by atoms with Gasteiger partial charge in [-0.15, -0.1) is 0 Å². The highest BCUT2D eigenvalue weighted by molar-refractivity contribution is 4.66. The molecule has 98 valence electrons. The van der Waals surface area contributed by atoms with Crippen molar-refractivity contribution in [2.75, 3.05) is 0 Å². The zero-order valence-electron chi connectivity index (χ0n) is 12.4. The zero-order valence-corrected chi connectivity index (χ0v) is 12.4. The summed E-state index contributed by atoms with van der Waals surface area (Å²) in [5, 5.41) is 0. The molecule has 0 aliphatic carbocycles. The van der Waals surface area contributed by atoms with Gasteiger partial charge in [-0.3, -0.25) is 0 Å². The third-order valence-electron chi connectivity index (χ3n) is 3.96. The minimum atomic E-state index is 0.875. The van der Waals surface area contributed by atoms with Crippen molar-refractivity contribution in [1.82, 2.24) is 0 Å². The van der Waals surface area contributed by atoms with Crippen LogP contribution in [0.2, 0.25) is 0 Å². The molecule has 0 bridgehead atoms. The second-order valence-corrected chi connectivity index (χ2v) is 5.97. The molecule has 0 N–H and O–H groups in total. The highest BCUT2D eigenvalue weighted by Crippen LogP contribution is 2.27. The summed E-state index contributed by atoms with van der Waals surface area (Å²) >= 11 is 0. The zero-order chi connectivity index (χ0) is 12.4. The van der Waals surface area contributed by atoms with Crippen LogP contribution in [0.1, 0.15) is 86.0 Å². The van der Waals surface area contributed by atoms with Gasteiger partial charge in [0.15, 0.2) is 0 Å². The Balaban J connectivity index is 3.69. The summed E-state index contributed by atoms with van der Waals surface area (Å²) < 4.78 is 0. The van der Waals surface area contributed by atoms with E-state index in [9.17, 15) is 0 Å². The summed E-state index contributed by atoms with van der Waals surface area (Å²) in [6.45, 7) is 11.8. The van der Waals surface area contributed by atoms with Gasteiger partial charge < -0.3 is 0 Å². The molecule has 16 heavy (non-hydrogen) atoms. The Kier molecular flexibility index (Phi) is 10.2. The molecular formula is C16H34. The van der Waals surface area contributed by atoms with Gasteiger partial charge in [0, 0.05) is 0 Å². The lowest BCUT2D eigenvalue weighted by molar-refractivity contribution is 0.283. The highest BCUT2D eigenvalue weighted by Gasteiger charge is 2.15. The second-order valence-electron chi connectivity index (χ2n) is 5.97. The van der Waals surface area contributed by atoms with Crippen LogP contribution in [-0.2, 0) is 0 Å². The molecule has 0 radical (unpaired) electrons. The van der Waals surface area contributed by atoms with Crippen LogP contribution in [0.4, 0.5) is 0 Å². The van der Waals surface area contributed by atoms with Crippen LogP contribution in [0.5, 0.6) is 0 Å². The smallest absolute Gasteiger partial charge is 0.0391 e. The molecule has 0 saturated carbocycles. The van der Waals surface area contributed by atoms with Gasteiger partial charge >= 0.3 is 0 Å². The molecule has 0 nitrogen and oxygen atoms in total. The Morgan fingerprint density at radius 2 is 1.44 bits per heavy atom. The summed E-state index contributed by atoms with van der Waals surface area (Å²) in [4.78, 5) is 0. The van der Waals surface area contributed by atoms with Crippen LogP contribution in [0.3, 0.4) is 0 Å². The summed E-state index contributed by atoms with van der Waals surface area (Å²) in [6.07, 6.45) is 11.4. The van der Waals surface area contributed by atoms with Gasteiger partial charge in [-0.25, -0.2) is 0 Å². The minimum absolute atomic E-state index is 0.875. The van der Waals surface area contributed by atoms with Crippen molar-refractivity contribution < 1.29 is 0 Å². The number of hydrogen-bond acceptors (Lipinski definition) is 0. The monoisotopic (exact) mass is 226 g/mol. The molecule has 2 unspecified atom stereocenters. The van der Waals surface area contributed by atoms with E-state index in [2.05, 4.69) is 34.6 Å². The van der Waals surface area contributed by atoms with E-state index in [0.717, 1.165) is 17.8 Å². The first kappa shape index (κ1) is 16.0. The lowest BCUT2D eigenvalue weighted by Gasteiger charge is -2.23. The largest absolute Gasteiger partial charge is 0.0654 e. The normalized spacial score (nSPS) is 15.4. The van der Waals surface area contributed by atoms with Crippen LogP contribution in [-0.4, -0.2) is 0 Å². The molecule has 0 saturated heterocycles. The van der Waals surface area contributed by atoms with Gasteiger partial charge in [0.25, 0.3) is 0 Å². The van der Waals surface area contributed by atoms with Gasteiger partial charge in [-0.1, -0.05) is 86.0 Å². The van der Waals surface area contributed by atoms with E-state index in [1.165, 1.54) is 51.4 Å². The van der Waals surface area contributed by atoms with E-state index in [1.54, 1.807) is 0 Å². The molecule has 0 amide bonds. The van der Waals surface area contributed by atoms with Crippen LogP contribution < -0.4 is 0 Å². The van der Waals surface area contributed by atoms with Crippen LogP contribution in [0.25, 0.3) is 0 Å². The Labute approximate surface area is 104 Å². The Bertz CT molecular complexity index is 137. The summed E-state index contributed by atoms with van der Waals surface area (Å²) in [5.74, 6) is 2.80. The van der Waals surface area contributed by atoms with Crippen molar-refractivity contribution in [2.24, 2.45) is 17.8 Å². The Morgan fingerprint density at radius 1 is 0.750 bits per heavy atom. The minimum Gasteiger partial charge on any atom is -0.0654 e. The maximum atomic E-state index is 2.47. The van der Waals surface area contributed by atoms with Crippen LogP contribution in [0, 0.1) is 17.8 Å². The predicted molar refractivity (Wildman–Crippen MR) is 75.8 cm³/mol. The molecule has 0 rings (SSSR count). The van der Waals surface area contributed by atoms with E-state index >= 15 is 0 Å². The van der Waals surface area contributed by atoms with E-state index in [0.29, 0.717) is 0 Å². The summed E-state index contributed by atoms with van der Waals surface area (Å²) in [7, 11) is 0. The van der Waals surface area contributed by atoms with Gasteiger partial charge in [0.2, 0.25) is 0 Å². The first-order valence-electron chi connectivity index (χ1n) is 7.61. The van der Waals surface area contributed by atoms with Crippen molar-refractivity contribution >= 4 is 0 Å². The molecule has 2 atom stereocenters.